The molecule has 0 saturated carbocycles. The Morgan fingerprint density at radius 1 is 1.03 bits per heavy atom. The Balaban J connectivity index is 1.59. The predicted molar refractivity (Wildman–Crippen MR) is 125 cm³/mol. The maximum atomic E-state index is 11.4. The number of carbonyl (C=O) groups is 1. The lowest BCUT2D eigenvalue weighted by atomic mass is 9.99. The highest BCUT2D eigenvalue weighted by molar-refractivity contribution is 5.73. The lowest BCUT2D eigenvalue weighted by molar-refractivity contribution is -0.271. The van der Waals surface area contributed by atoms with Crippen molar-refractivity contribution in [3.8, 4) is 5.75 Å². The molecule has 2 aliphatic heterocycles. The molecule has 1 saturated heterocycles. The van der Waals surface area contributed by atoms with Gasteiger partial charge < -0.3 is 39.7 Å². The van der Waals surface area contributed by atoms with Crippen LogP contribution in [0.15, 0.2) is 42.5 Å². The van der Waals surface area contributed by atoms with E-state index in [2.05, 4.69) is 36.0 Å². The average Bonchev–Trinajstić information content (AvgIpc) is 2.96. The minimum Gasteiger partial charge on any atom is -0.479 e. The summed E-state index contributed by atoms with van der Waals surface area (Å²) in [6.45, 7) is 1.81. The van der Waals surface area contributed by atoms with Crippen molar-refractivity contribution in [3.63, 3.8) is 0 Å². The SMILES string of the molecule is CN(C)CCCN1c2ccccc2CCc2cc(OC3O[C@H](C(=O)O)[C@@H](O)[C@H](O)[C@H]3O)ccc21. The number of aliphatic hydroxyl groups excluding tert-OH is 3. The van der Waals surface area contributed by atoms with E-state index in [1.165, 1.54) is 11.3 Å². The molecule has 9 nitrogen and oxygen atoms in total. The van der Waals surface area contributed by atoms with E-state index < -0.39 is 36.7 Å². The van der Waals surface area contributed by atoms with Gasteiger partial charge in [-0.1, -0.05) is 18.2 Å². The van der Waals surface area contributed by atoms with Gasteiger partial charge in [-0.05, 0) is 75.3 Å². The van der Waals surface area contributed by atoms with Gasteiger partial charge in [0.1, 0.15) is 24.1 Å². The molecule has 4 rings (SSSR count). The minimum absolute atomic E-state index is 0.384. The number of rotatable bonds is 7. The van der Waals surface area contributed by atoms with E-state index in [4.69, 9.17) is 9.47 Å². The van der Waals surface area contributed by atoms with Crippen LogP contribution in [0.2, 0.25) is 0 Å². The molecule has 0 bridgehead atoms. The van der Waals surface area contributed by atoms with Gasteiger partial charge in [-0.25, -0.2) is 4.79 Å². The van der Waals surface area contributed by atoms with Crippen LogP contribution < -0.4 is 9.64 Å². The number of carboxylic acids is 1. The van der Waals surface area contributed by atoms with Crippen molar-refractivity contribution in [3.05, 3.63) is 53.6 Å². The number of nitrogens with zero attached hydrogens (tertiary/aromatic N) is 2. The van der Waals surface area contributed by atoms with E-state index in [1.54, 1.807) is 6.07 Å². The van der Waals surface area contributed by atoms with Crippen LogP contribution in [0.3, 0.4) is 0 Å². The van der Waals surface area contributed by atoms with Gasteiger partial charge >= 0.3 is 5.97 Å². The minimum atomic E-state index is -1.76. The molecule has 4 N–H and O–H groups in total. The summed E-state index contributed by atoms with van der Waals surface area (Å²) in [5.74, 6) is -1.06. The fourth-order valence-electron chi connectivity index (χ4n) is 4.55. The third-order valence-corrected chi connectivity index (χ3v) is 6.34. The van der Waals surface area contributed by atoms with Gasteiger partial charge in [-0.15, -0.1) is 0 Å². The fraction of sp³-hybridized carbons (Fsp3) is 0.480. The molecule has 1 unspecified atom stereocenters. The fourth-order valence-corrected chi connectivity index (χ4v) is 4.55. The number of hydrogen-bond acceptors (Lipinski definition) is 8. The van der Waals surface area contributed by atoms with Crippen molar-refractivity contribution >= 4 is 17.3 Å². The first-order valence-corrected chi connectivity index (χ1v) is 11.5. The van der Waals surface area contributed by atoms with Crippen LogP contribution in [0.5, 0.6) is 5.75 Å². The van der Waals surface area contributed by atoms with E-state index in [0.29, 0.717) is 5.75 Å². The van der Waals surface area contributed by atoms with Crippen LogP contribution in [0, 0.1) is 0 Å². The Kier molecular flexibility index (Phi) is 7.39. The van der Waals surface area contributed by atoms with Crippen molar-refractivity contribution in [2.24, 2.45) is 0 Å². The number of benzene rings is 2. The van der Waals surface area contributed by atoms with Gasteiger partial charge in [0, 0.05) is 17.9 Å². The van der Waals surface area contributed by atoms with Gasteiger partial charge in [0.05, 0.1) is 0 Å². The second kappa shape index (κ2) is 10.3. The zero-order chi connectivity index (χ0) is 24.4. The first kappa shape index (κ1) is 24.4. The van der Waals surface area contributed by atoms with Gasteiger partial charge in [0.2, 0.25) is 6.29 Å². The number of aliphatic carboxylic acids is 1. The summed E-state index contributed by atoms with van der Waals surface area (Å²) < 4.78 is 11.0. The highest BCUT2D eigenvalue weighted by Gasteiger charge is 2.48. The van der Waals surface area contributed by atoms with Crippen molar-refractivity contribution in [2.45, 2.75) is 50.0 Å². The van der Waals surface area contributed by atoms with E-state index in [-0.39, 0.29) is 0 Å². The van der Waals surface area contributed by atoms with Crippen molar-refractivity contribution in [1.29, 1.82) is 0 Å². The summed E-state index contributed by atoms with van der Waals surface area (Å²) in [4.78, 5) is 15.9. The van der Waals surface area contributed by atoms with Crippen LogP contribution in [-0.2, 0) is 22.4 Å². The van der Waals surface area contributed by atoms with Gasteiger partial charge in [-0.2, -0.15) is 0 Å². The van der Waals surface area contributed by atoms with Crippen LogP contribution in [-0.4, -0.2) is 89.2 Å². The summed E-state index contributed by atoms with van der Waals surface area (Å²) in [6, 6.07) is 13.9. The van der Waals surface area contributed by atoms with Gasteiger partial charge in [-0.3, -0.25) is 0 Å². The Morgan fingerprint density at radius 2 is 1.74 bits per heavy atom. The second-order valence-corrected chi connectivity index (χ2v) is 9.08. The van der Waals surface area contributed by atoms with Gasteiger partial charge in [0.25, 0.3) is 0 Å². The summed E-state index contributed by atoms with van der Waals surface area (Å²) in [5, 5.41) is 39.5. The lowest BCUT2D eigenvalue weighted by Gasteiger charge is -2.38. The summed E-state index contributed by atoms with van der Waals surface area (Å²) >= 11 is 0. The molecular formula is C25H32N2O7. The second-order valence-electron chi connectivity index (χ2n) is 9.08. The highest BCUT2D eigenvalue weighted by atomic mass is 16.7. The zero-order valence-electron chi connectivity index (χ0n) is 19.4. The van der Waals surface area contributed by atoms with Crippen molar-refractivity contribution in [2.75, 3.05) is 32.1 Å². The number of para-hydroxylation sites is 1. The molecule has 34 heavy (non-hydrogen) atoms. The molecule has 1 fully saturated rings. The van der Waals surface area contributed by atoms with Crippen LogP contribution in [0.25, 0.3) is 0 Å². The third kappa shape index (κ3) is 5.03. The quantitative estimate of drug-likeness (QED) is 0.470. The summed E-state index contributed by atoms with van der Waals surface area (Å²) in [5.41, 5.74) is 4.57. The van der Waals surface area contributed by atoms with Crippen LogP contribution in [0.4, 0.5) is 11.4 Å². The number of aliphatic hydroxyl groups is 3. The van der Waals surface area contributed by atoms with Crippen molar-refractivity contribution < 1.29 is 34.7 Å². The first-order chi connectivity index (χ1) is 16.3. The monoisotopic (exact) mass is 472 g/mol. The smallest absolute Gasteiger partial charge is 0.335 e. The average molecular weight is 473 g/mol. The molecule has 2 aliphatic rings. The molecule has 0 aliphatic carbocycles. The van der Waals surface area contributed by atoms with E-state index in [1.807, 2.05) is 24.3 Å². The molecule has 5 atom stereocenters. The maximum absolute atomic E-state index is 11.4. The Labute approximate surface area is 198 Å². The highest BCUT2D eigenvalue weighted by Crippen LogP contribution is 2.38. The first-order valence-electron chi connectivity index (χ1n) is 11.5. The molecule has 0 aromatic heterocycles. The maximum Gasteiger partial charge on any atom is 0.335 e. The molecule has 0 radical (unpaired) electrons. The molecule has 0 amide bonds. The number of anilines is 2. The topological polar surface area (TPSA) is 123 Å². The summed E-state index contributed by atoms with van der Waals surface area (Å²) in [6.07, 6.45) is -5.58. The Bertz CT molecular complexity index is 1010. The Hall–Kier alpha value is -2.69. The number of ether oxygens (including phenoxy) is 2. The molecule has 9 heteroatoms. The van der Waals surface area contributed by atoms with Crippen LogP contribution in [0.1, 0.15) is 17.5 Å². The molecule has 184 valence electrons. The Morgan fingerprint density at radius 3 is 2.47 bits per heavy atom. The van der Waals surface area contributed by atoms with E-state index in [9.17, 15) is 25.2 Å². The molecule has 2 aromatic carbocycles. The van der Waals surface area contributed by atoms with E-state index in [0.717, 1.165) is 43.6 Å². The predicted octanol–water partition coefficient (Wildman–Crippen LogP) is 1.15. The standard InChI is InChI=1S/C25H32N2O7/c1-26(2)12-5-13-27-18-7-4-3-6-15(18)8-9-16-14-17(10-11-19(16)27)33-25-22(30)20(28)21(29)23(34-25)24(31)32/h3-4,6-7,10-11,14,20-23,25,28-30H,5,8-9,12-13H2,1-2H3,(H,31,32)/t20-,21-,22+,23-,25?/m0/s1. The number of carboxylic acid groups (broad SMARTS) is 1. The van der Waals surface area contributed by atoms with Crippen LogP contribution >= 0.6 is 0 Å². The van der Waals surface area contributed by atoms with Gasteiger partial charge in [0.15, 0.2) is 6.10 Å². The summed E-state index contributed by atoms with van der Waals surface area (Å²) in [7, 11) is 4.11. The molecular weight excluding hydrogens is 440 g/mol. The molecule has 0 spiro atoms. The number of fused-ring (bicyclic) bond motifs is 2. The number of hydrogen-bond donors (Lipinski definition) is 4. The zero-order valence-corrected chi connectivity index (χ0v) is 19.4. The molecule has 2 heterocycles. The lowest BCUT2D eigenvalue weighted by Crippen LogP contribution is -2.61. The molecule has 2 aromatic rings. The number of aryl methyl sites for hydroxylation is 2. The third-order valence-electron chi connectivity index (χ3n) is 6.34. The van der Waals surface area contributed by atoms with E-state index >= 15 is 0 Å². The normalized spacial score (nSPS) is 26.5. The largest absolute Gasteiger partial charge is 0.479 e. The van der Waals surface area contributed by atoms with Crippen molar-refractivity contribution in [1.82, 2.24) is 4.90 Å².